The van der Waals surface area contributed by atoms with Gasteiger partial charge in [0.1, 0.15) is 4.88 Å². The molecule has 0 atom stereocenters. The molecule has 1 rings (SSSR count). The molecule has 0 unspecified atom stereocenters. The number of aromatic carboxylic acids is 1. The van der Waals surface area contributed by atoms with Gasteiger partial charge in [-0.15, -0.1) is 0 Å². The second-order valence-corrected chi connectivity index (χ2v) is 4.69. The lowest BCUT2D eigenvalue weighted by Crippen LogP contribution is -2.27. The highest BCUT2D eigenvalue weighted by atomic mass is 32.1. The Bertz CT molecular complexity index is 393. The van der Waals surface area contributed by atoms with Crippen LogP contribution >= 0.6 is 11.3 Å². The average Bonchev–Trinajstić information content (AvgIpc) is 2.79. The second-order valence-electron chi connectivity index (χ2n) is 3.71. The van der Waals surface area contributed by atoms with E-state index in [0.717, 1.165) is 18.2 Å². The summed E-state index contributed by atoms with van der Waals surface area (Å²) in [5.74, 6) is -0.892. The fraction of sp³-hybridized carbons (Fsp3) is 0.667. The van der Waals surface area contributed by atoms with Gasteiger partial charge in [0, 0.05) is 19.7 Å². The van der Waals surface area contributed by atoms with Crippen LogP contribution in [0.3, 0.4) is 0 Å². The molecule has 0 radical (unpaired) electrons. The molecule has 0 saturated carbocycles. The van der Waals surface area contributed by atoms with Crippen LogP contribution < -0.4 is 4.90 Å². The highest BCUT2D eigenvalue weighted by molar-refractivity contribution is 7.17. The van der Waals surface area contributed by atoms with E-state index in [1.165, 1.54) is 11.3 Å². The van der Waals surface area contributed by atoms with E-state index in [1.54, 1.807) is 0 Å². The molecular formula is C12H20N2O3S. The number of carbonyl (C=O) groups is 1. The van der Waals surface area contributed by atoms with E-state index in [1.807, 2.05) is 25.7 Å². The highest BCUT2D eigenvalue weighted by Gasteiger charge is 2.18. The van der Waals surface area contributed by atoms with E-state index in [0.29, 0.717) is 30.2 Å². The smallest absolute Gasteiger partial charge is 0.347 e. The van der Waals surface area contributed by atoms with E-state index in [9.17, 15) is 4.79 Å². The Morgan fingerprint density at radius 1 is 1.44 bits per heavy atom. The molecule has 6 heteroatoms. The summed E-state index contributed by atoms with van der Waals surface area (Å²) in [6.45, 7) is 8.76. The predicted molar refractivity (Wildman–Crippen MR) is 72.8 cm³/mol. The number of aromatic nitrogens is 1. The maximum atomic E-state index is 11.1. The monoisotopic (exact) mass is 272 g/mol. The molecule has 102 valence electrons. The van der Waals surface area contributed by atoms with Gasteiger partial charge in [-0.3, -0.25) is 0 Å². The fourth-order valence-electron chi connectivity index (χ4n) is 1.59. The van der Waals surface area contributed by atoms with Gasteiger partial charge in [0.05, 0.1) is 12.3 Å². The summed E-state index contributed by atoms with van der Waals surface area (Å²) in [5.41, 5.74) is 0.664. The molecule has 0 aliphatic carbocycles. The number of likely N-dealkylation sites (N-methyl/N-ethyl adjacent to an activating group) is 1. The molecule has 0 spiro atoms. The molecule has 0 aliphatic heterocycles. The summed E-state index contributed by atoms with van der Waals surface area (Å²) in [4.78, 5) is 17.9. The Labute approximate surface area is 111 Å². The van der Waals surface area contributed by atoms with Gasteiger partial charge in [0.25, 0.3) is 0 Å². The molecule has 1 N–H and O–H groups in total. The first-order chi connectivity index (χ1) is 8.63. The van der Waals surface area contributed by atoms with E-state index < -0.39 is 5.97 Å². The van der Waals surface area contributed by atoms with Crippen molar-refractivity contribution in [2.24, 2.45) is 0 Å². The van der Waals surface area contributed by atoms with Crippen molar-refractivity contribution in [3.05, 3.63) is 10.6 Å². The van der Waals surface area contributed by atoms with Gasteiger partial charge in [-0.25, -0.2) is 9.78 Å². The maximum Gasteiger partial charge on any atom is 0.347 e. The first-order valence-corrected chi connectivity index (χ1v) is 7.01. The standard InChI is InChI=1S/C12H20N2O3S/c1-4-9-10(11(15)16)18-12(13-9)14(5-2)7-8-17-6-3/h4-8H2,1-3H3,(H,15,16). The van der Waals surface area contributed by atoms with Crippen LogP contribution in [-0.4, -0.2) is 42.4 Å². The Kier molecular flexibility index (Phi) is 6.07. The maximum absolute atomic E-state index is 11.1. The Hall–Kier alpha value is -1.14. The number of ether oxygens (including phenoxy) is 1. The summed E-state index contributed by atoms with van der Waals surface area (Å²) in [6.07, 6.45) is 0.640. The molecule has 0 saturated heterocycles. The molecule has 18 heavy (non-hydrogen) atoms. The quantitative estimate of drug-likeness (QED) is 0.735. The van der Waals surface area contributed by atoms with Gasteiger partial charge >= 0.3 is 5.97 Å². The molecule has 0 amide bonds. The van der Waals surface area contributed by atoms with Gasteiger partial charge in [0.15, 0.2) is 5.13 Å². The van der Waals surface area contributed by atoms with Crippen molar-refractivity contribution in [1.29, 1.82) is 0 Å². The minimum atomic E-state index is -0.892. The number of hydrogen-bond acceptors (Lipinski definition) is 5. The Morgan fingerprint density at radius 2 is 2.17 bits per heavy atom. The zero-order valence-corrected chi connectivity index (χ0v) is 11.9. The SMILES string of the molecule is CCOCCN(CC)c1nc(CC)c(C(=O)O)s1. The minimum Gasteiger partial charge on any atom is -0.477 e. The number of aryl methyl sites for hydroxylation is 1. The molecule has 0 aliphatic rings. The summed E-state index contributed by atoms with van der Waals surface area (Å²) >= 11 is 1.24. The lowest BCUT2D eigenvalue weighted by Gasteiger charge is -2.19. The van der Waals surface area contributed by atoms with E-state index >= 15 is 0 Å². The van der Waals surface area contributed by atoms with Crippen molar-refractivity contribution in [1.82, 2.24) is 4.98 Å². The van der Waals surface area contributed by atoms with Gasteiger partial charge in [-0.1, -0.05) is 18.3 Å². The number of carboxylic acid groups (broad SMARTS) is 1. The number of anilines is 1. The molecule has 0 bridgehead atoms. The van der Waals surface area contributed by atoms with Gasteiger partial charge in [-0.05, 0) is 20.3 Å². The van der Waals surface area contributed by atoms with Crippen molar-refractivity contribution in [3.8, 4) is 0 Å². The van der Waals surface area contributed by atoms with Crippen LogP contribution in [0.2, 0.25) is 0 Å². The van der Waals surface area contributed by atoms with E-state index in [2.05, 4.69) is 4.98 Å². The van der Waals surface area contributed by atoms with Crippen LogP contribution in [0, 0.1) is 0 Å². The fourth-order valence-corrected chi connectivity index (χ4v) is 2.67. The Balaban J connectivity index is 2.82. The number of nitrogens with zero attached hydrogens (tertiary/aromatic N) is 2. The third kappa shape index (κ3) is 3.68. The Morgan fingerprint density at radius 3 is 2.61 bits per heavy atom. The number of rotatable bonds is 8. The number of thiazole rings is 1. The molecule has 1 aromatic rings. The van der Waals surface area contributed by atoms with Crippen LogP contribution in [0.1, 0.15) is 36.1 Å². The van der Waals surface area contributed by atoms with Gasteiger partial charge < -0.3 is 14.7 Å². The average molecular weight is 272 g/mol. The first kappa shape index (κ1) is 14.9. The molecule has 1 aromatic heterocycles. The van der Waals surface area contributed by atoms with Crippen molar-refractivity contribution >= 4 is 22.4 Å². The van der Waals surface area contributed by atoms with Crippen LogP contribution in [-0.2, 0) is 11.2 Å². The van der Waals surface area contributed by atoms with Crippen LogP contribution in [0.15, 0.2) is 0 Å². The lowest BCUT2D eigenvalue weighted by molar-refractivity contribution is 0.0701. The van der Waals surface area contributed by atoms with Crippen LogP contribution in [0.5, 0.6) is 0 Å². The lowest BCUT2D eigenvalue weighted by atomic mass is 10.3. The summed E-state index contributed by atoms with van der Waals surface area (Å²) < 4.78 is 5.32. The van der Waals surface area contributed by atoms with Crippen molar-refractivity contribution in [2.75, 3.05) is 31.2 Å². The van der Waals surface area contributed by atoms with Gasteiger partial charge in [-0.2, -0.15) is 0 Å². The normalized spacial score (nSPS) is 10.6. The summed E-state index contributed by atoms with van der Waals surface area (Å²) in [6, 6.07) is 0. The van der Waals surface area contributed by atoms with Gasteiger partial charge in [0.2, 0.25) is 0 Å². The number of carboxylic acids is 1. The molecular weight excluding hydrogens is 252 g/mol. The zero-order chi connectivity index (χ0) is 13.5. The second kappa shape index (κ2) is 7.33. The largest absolute Gasteiger partial charge is 0.477 e. The summed E-state index contributed by atoms with van der Waals surface area (Å²) in [7, 11) is 0. The molecule has 0 fully saturated rings. The van der Waals surface area contributed by atoms with Crippen molar-refractivity contribution in [2.45, 2.75) is 27.2 Å². The molecule has 1 heterocycles. The van der Waals surface area contributed by atoms with Crippen LogP contribution in [0.4, 0.5) is 5.13 Å². The van der Waals surface area contributed by atoms with Crippen LogP contribution in [0.25, 0.3) is 0 Å². The first-order valence-electron chi connectivity index (χ1n) is 6.19. The predicted octanol–water partition coefficient (Wildman–Crippen LogP) is 2.27. The molecule has 0 aromatic carbocycles. The third-order valence-corrected chi connectivity index (χ3v) is 3.72. The highest BCUT2D eigenvalue weighted by Crippen LogP contribution is 2.26. The molecule has 5 nitrogen and oxygen atoms in total. The van der Waals surface area contributed by atoms with Crippen molar-refractivity contribution in [3.63, 3.8) is 0 Å². The summed E-state index contributed by atoms with van der Waals surface area (Å²) in [5, 5.41) is 9.88. The van der Waals surface area contributed by atoms with E-state index in [4.69, 9.17) is 9.84 Å². The zero-order valence-electron chi connectivity index (χ0n) is 11.1. The third-order valence-electron chi connectivity index (χ3n) is 2.58. The number of hydrogen-bond donors (Lipinski definition) is 1. The minimum absolute atomic E-state index is 0.349. The van der Waals surface area contributed by atoms with Crippen molar-refractivity contribution < 1.29 is 14.6 Å². The topological polar surface area (TPSA) is 62.7 Å². The van der Waals surface area contributed by atoms with E-state index in [-0.39, 0.29) is 0 Å².